The van der Waals surface area contributed by atoms with Gasteiger partial charge >= 0.3 is 0 Å². The van der Waals surface area contributed by atoms with Crippen LogP contribution in [0, 0.1) is 0 Å². The van der Waals surface area contributed by atoms with Crippen LogP contribution in [0.4, 0.5) is 5.82 Å². The van der Waals surface area contributed by atoms with Gasteiger partial charge < -0.3 is 9.64 Å². The fourth-order valence-electron chi connectivity index (χ4n) is 1.68. The maximum Gasteiger partial charge on any atom is 0.147 e. The van der Waals surface area contributed by atoms with Crippen LogP contribution in [-0.2, 0) is 4.74 Å². The Bertz CT molecular complexity index is 378. The molecule has 1 aliphatic heterocycles. The smallest absolute Gasteiger partial charge is 0.147 e. The number of pyridine rings is 1. The van der Waals surface area contributed by atoms with Crippen LogP contribution in [0.25, 0.3) is 0 Å². The third kappa shape index (κ3) is 2.62. The highest BCUT2D eigenvalue weighted by atomic mass is 79.9. The molecule has 2 rings (SSSR count). The fraction of sp³-hybridized carbons (Fsp3) is 0.500. The summed E-state index contributed by atoms with van der Waals surface area (Å²) in [4.78, 5) is 6.44. The molecular weight excluding hydrogens is 315 g/mol. The van der Waals surface area contributed by atoms with E-state index in [0.29, 0.717) is 24.1 Å². The minimum Gasteiger partial charge on any atom is -0.377 e. The van der Waals surface area contributed by atoms with Crippen LogP contribution >= 0.6 is 39.1 Å². The average molecular weight is 326 g/mol. The summed E-state index contributed by atoms with van der Waals surface area (Å²) in [6.07, 6.45) is 1.74. The molecule has 16 heavy (non-hydrogen) atoms. The molecule has 88 valence electrons. The Morgan fingerprint density at radius 3 is 3.12 bits per heavy atom. The number of alkyl halides is 1. The highest BCUT2D eigenvalue weighted by Crippen LogP contribution is 2.28. The normalized spacial score (nSPS) is 21.2. The zero-order chi connectivity index (χ0) is 11.5. The molecule has 1 atom stereocenters. The van der Waals surface area contributed by atoms with Crippen LogP contribution in [0.5, 0.6) is 0 Å². The first-order valence-corrected chi connectivity index (χ1v) is 6.64. The van der Waals surface area contributed by atoms with Gasteiger partial charge in [0.1, 0.15) is 5.82 Å². The lowest BCUT2D eigenvalue weighted by atomic mass is 10.2. The topological polar surface area (TPSA) is 25.4 Å². The molecule has 1 saturated heterocycles. The number of nitrogens with zero attached hydrogens (tertiary/aromatic N) is 2. The first-order valence-electron chi connectivity index (χ1n) is 4.93. The number of rotatable bonds is 2. The number of anilines is 1. The Labute approximate surface area is 113 Å². The molecule has 3 nitrogen and oxygen atoms in total. The van der Waals surface area contributed by atoms with Crippen molar-refractivity contribution in [3.63, 3.8) is 0 Å². The summed E-state index contributed by atoms with van der Waals surface area (Å²) in [5.74, 6) is 1.28. The number of halogens is 3. The Morgan fingerprint density at radius 2 is 2.44 bits per heavy atom. The van der Waals surface area contributed by atoms with Crippen LogP contribution in [0.3, 0.4) is 0 Å². The minimum absolute atomic E-state index is 0.140. The standard InChI is InChI=1S/C10H11BrCl2N2O/c11-7-3-9(13)10(14-5-7)15-1-2-16-6-8(15)4-12/h3,5,8H,1-2,4,6H2. The van der Waals surface area contributed by atoms with Crippen molar-refractivity contribution in [2.24, 2.45) is 0 Å². The largest absolute Gasteiger partial charge is 0.377 e. The molecule has 0 aromatic carbocycles. The number of hydrogen-bond donors (Lipinski definition) is 0. The van der Waals surface area contributed by atoms with Crippen molar-refractivity contribution in [2.75, 3.05) is 30.5 Å². The molecule has 0 amide bonds. The van der Waals surface area contributed by atoms with E-state index in [1.165, 1.54) is 0 Å². The third-order valence-electron chi connectivity index (χ3n) is 2.47. The van der Waals surface area contributed by atoms with Gasteiger partial charge in [0.15, 0.2) is 0 Å². The van der Waals surface area contributed by atoms with Crippen molar-refractivity contribution in [1.29, 1.82) is 0 Å². The SMILES string of the molecule is ClCC1COCCN1c1ncc(Br)cc1Cl. The average Bonchev–Trinajstić information content (AvgIpc) is 2.29. The molecule has 6 heteroatoms. The molecule has 0 aliphatic carbocycles. The summed E-state index contributed by atoms with van der Waals surface area (Å²) in [5, 5.41) is 0.631. The summed E-state index contributed by atoms with van der Waals surface area (Å²) in [6, 6.07) is 1.98. The quantitative estimate of drug-likeness (QED) is 0.782. The van der Waals surface area contributed by atoms with Gasteiger partial charge in [-0.2, -0.15) is 0 Å². The van der Waals surface area contributed by atoms with Crippen molar-refractivity contribution in [3.8, 4) is 0 Å². The van der Waals surface area contributed by atoms with E-state index in [9.17, 15) is 0 Å². The van der Waals surface area contributed by atoms with Gasteiger partial charge in [-0.25, -0.2) is 4.98 Å². The van der Waals surface area contributed by atoms with Gasteiger partial charge in [0.05, 0.1) is 24.3 Å². The number of hydrogen-bond acceptors (Lipinski definition) is 3. The lowest BCUT2D eigenvalue weighted by molar-refractivity contribution is 0.0994. The Kier molecular flexibility index (Phi) is 4.30. The van der Waals surface area contributed by atoms with Crippen LogP contribution in [-0.4, -0.2) is 36.7 Å². The zero-order valence-electron chi connectivity index (χ0n) is 8.50. The number of morpholine rings is 1. The Morgan fingerprint density at radius 1 is 1.62 bits per heavy atom. The van der Waals surface area contributed by atoms with Crippen molar-refractivity contribution in [1.82, 2.24) is 4.98 Å². The van der Waals surface area contributed by atoms with Gasteiger partial charge in [-0.1, -0.05) is 11.6 Å². The molecule has 0 spiro atoms. The molecule has 0 bridgehead atoms. The predicted octanol–water partition coefficient (Wildman–Crippen LogP) is 2.94. The van der Waals surface area contributed by atoms with Crippen molar-refractivity contribution in [3.05, 3.63) is 21.8 Å². The lowest BCUT2D eigenvalue weighted by Gasteiger charge is -2.35. The first-order chi connectivity index (χ1) is 7.72. The summed E-state index contributed by atoms with van der Waals surface area (Å²) in [5.41, 5.74) is 0. The molecule has 0 radical (unpaired) electrons. The molecular formula is C10H11BrCl2N2O. The van der Waals surface area contributed by atoms with Crippen molar-refractivity contribution >= 4 is 44.9 Å². The summed E-state index contributed by atoms with van der Waals surface area (Å²) in [7, 11) is 0. The Balaban J connectivity index is 2.27. The maximum atomic E-state index is 6.17. The van der Waals surface area contributed by atoms with Crippen LogP contribution < -0.4 is 4.90 Å². The number of ether oxygens (including phenoxy) is 1. The summed E-state index contributed by atoms with van der Waals surface area (Å²) < 4.78 is 6.25. The van der Waals surface area contributed by atoms with E-state index in [2.05, 4.69) is 25.8 Å². The van der Waals surface area contributed by atoms with Gasteiger partial charge in [0.25, 0.3) is 0 Å². The molecule has 0 N–H and O–H groups in total. The molecule has 1 unspecified atom stereocenters. The molecule has 1 aromatic heterocycles. The van der Waals surface area contributed by atoms with Crippen LogP contribution in [0.2, 0.25) is 5.02 Å². The van der Waals surface area contributed by atoms with Crippen molar-refractivity contribution in [2.45, 2.75) is 6.04 Å². The maximum absolute atomic E-state index is 6.17. The van der Waals surface area contributed by atoms with Gasteiger partial charge in [-0.3, -0.25) is 0 Å². The van der Waals surface area contributed by atoms with E-state index in [0.717, 1.165) is 16.8 Å². The third-order valence-corrected chi connectivity index (χ3v) is 3.53. The summed E-state index contributed by atoms with van der Waals surface area (Å²) >= 11 is 15.4. The minimum atomic E-state index is 0.140. The highest BCUT2D eigenvalue weighted by molar-refractivity contribution is 9.10. The predicted molar refractivity (Wildman–Crippen MR) is 69.6 cm³/mol. The molecule has 2 heterocycles. The second-order valence-corrected chi connectivity index (χ2v) is 5.17. The van der Waals surface area contributed by atoms with Crippen molar-refractivity contribution < 1.29 is 4.74 Å². The van der Waals surface area contributed by atoms with E-state index in [-0.39, 0.29) is 6.04 Å². The lowest BCUT2D eigenvalue weighted by Crippen LogP contribution is -2.47. The molecule has 0 saturated carbocycles. The van der Waals surface area contributed by atoms with Gasteiger partial charge in [-0.15, -0.1) is 11.6 Å². The molecule has 1 aliphatic rings. The zero-order valence-corrected chi connectivity index (χ0v) is 11.6. The fourth-order valence-corrected chi connectivity index (χ4v) is 2.67. The van der Waals surface area contributed by atoms with Gasteiger partial charge in [-0.05, 0) is 22.0 Å². The van der Waals surface area contributed by atoms with E-state index in [1.807, 2.05) is 6.07 Å². The molecule has 1 fully saturated rings. The molecule has 1 aromatic rings. The van der Waals surface area contributed by atoms with Gasteiger partial charge in [0, 0.05) is 23.1 Å². The monoisotopic (exact) mass is 324 g/mol. The van der Waals surface area contributed by atoms with Crippen LogP contribution in [0.15, 0.2) is 16.7 Å². The number of aromatic nitrogens is 1. The van der Waals surface area contributed by atoms with Gasteiger partial charge in [0.2, 0.25) is 0 Å². The highest BCUT2D eigenvalue weighted by Gasteiger charge is 2.25. The van der Waals surface area contributed by atoms with E-state index in [1.54, 1.807) is 6.20 Å². The summed E-state index contributed by atoms with van der Waals surface area (Å²) in [6.45, 7) is 2.07. The first kappa shape index (κ1) is 12.4. The van der Waals surface area contributed by atoms with E-state index < -0.39 is 0 Å². The van der Waals surface area contributed by atoms with E-state index >= 15 is 0 Å². The Hall–Kier alpha value is -0.0300. The van der Waals surface area contributed by atoms with E-state index in [4.69, 9.17) is 27.9 Å². The van der Waals surface area contributed by atoms with Crippen LogP contribution in [0.1, 0.15) is 0 Å². The second kappa shape index (κ2) is 5.54. The second-order valence-electron chi connectivity index (χ2n) is 3.54.